The summed E-state index contributed by atoms with van der Waals surface area (Å²) in [5.41, 5.74) is 1.44. The van der Waals surface area contributed by atoms with Crippen LogP contribution in [0.1, 0.15) is 28.6 Å². The number of ether oxygens (including phenoxy) is 1. The maximum atomic E-state index is 13.8. The van der Waals surface area contributed by atoms with Crippen molar-refractivity contribution in [1.82, 2.24) is 15.1 Å². The summed E-state index contributed by atoms with van der Waals surface area (Å²) in [7, 11) is 1.55. The van der Waals surface area contributed by atoms with E-state index in [9.17, 15) is 9.18 Å². The molecule has 1 N–H and O–H groups in total. The number of carbonyl (C=O) groups is 1. The number of nitrogens with one attached hydrogen (secondary N) is 1. The molecule has 1 amide bonds. The predicted octanol–water partition coefficient (Wildman–Crippen LogP) is 3.11. The topological polar surface area (TPSA) is 70.3 Å². The maximum Gasteiger partial charge on any atom is 0.289 e. The van der Waals surface area contributed by atoms with Gasteiger partial charge in [0.1, 0.15) is 5.82 Å². The van der Waals surface area contributed by atoms with Crippen LogP contribution in [0.4, 0.5) is 4.39 Å². The molecule has 1 aliphatic heterocycles. The van der Waals surface area contributed by atoms with Gasteiger partial charge >= 0.3 is 0 Å². The van der Waals surface area contributed by atoms with Crippen LogP contribution in [-0.4, -0.2) is 61.5 Å². The minimum Gasteiger partial charge on any atom is -0.459 e. The van der Waals surface area contributed by atoms with Crippen molar-refractivity contribution >= 4 is 35.8 Å². The fourth-order valence-corrected chi connectivity index (χ4v) is 3.26. The SMILES string of the molecule is CCNC(=NCc1ccc(F)c(COC)c1)N1CCN(C(=O)c2ccco2)CC1.I. The van der Waals surface area contributed by atoms with Gasteiger partial charge < -0.3 is 24.3 Å². The lowest BCUT2D eigenvalue weighted by atomic mass is 10.1. The molecule has 3 rings (SSSR count). The molecule has 1 aliphatic rings. The second-order valence-electron chi connectivity index (χ2n) is 6.79. The van der Waals surface area contributed by atoms with Crippen LogP contribution in [0.5, 0.6) is 0 Å². The van der Waals surface area contributed by atoms with Crippen molar-refractivity contribution in [3.05, 3.63) is 59.3 Å². The molecule has 2 aromatic rings. The smallest absolute Gasteiger partial charge is 0.289 e. The van der Waals surface area contributed by atoms with E-state index in [-0.39, 0.29) is 42.3 Å². The van der Waals surface area contributed by atoms with Crippen LogP contribution < -0.4 is 5.32 Å². The molecular weight excluding hydrogens is 502 g/mol. The quantitative estimate of drug-likeness (QED) is 0.353. The Balaban J connectivity index is 0.00000320. The molecular formula is C21H28FIN4O3. The summed E-state index contributed by atoms with van der Waals surface area (Å²) in [6.45, 7) is 5.97. The summed E-state index contributed by atoms with van der Waals surface area (Å²) in [4.78, 5) is 21.0. The van der Waals surface area contributed by atoms with Gasteiger partial charge in [-0.3, -0.25) is 4.79 Å². The van der Waals surface area contributed by atoms with Crippen molar-refractivity contribution in [2.75, 3.05) is 39.8 Å². The zero-order valence-electron chi connectivity index (χ0n) is 17.3. The van der Waals surface area contributed by atoms with Crippen molar-refractivity contribution < 1.29 is 18.3 Å². The maximum absolute atomic E-state index is 13.8. The lowest BCUT2D eigenvalue weighted by molar-refractivity contribution is 0.0657. The first-order valence-electron chi connectivity index (χ1n) is 9.74. The predicted molar refractivity (Wildman–Crippen MR) is 124 cm³/mol. The Hall–Kier alpha value is -2.14. The molecule has 1 aromatic heterocycles. The Morgan fingerprint density at radius 1 is 1.23 bits per heavy atom. The van der Waals surface area contributed by atoms with E-state index in [2.05, 4.69) is 10.2 Å². The zero-order chi connectivity index (χ0) is 20.6. The van der Waals surface area contributed by atoms with Crippen LogP contribution in [0.3, 0.4) is 0 Å². The molecule has 30 heavy (non-hydrogen) atoms. The summed E-state index contributed by atoms with van der Waals surface area (Å²) in [6, 6.07) is 8.37. The lowest BCUT2D eigenvalue weighted by Crippen LogP contribution is -2.53. The average molecular weight is 530 g/mol. The number of piperazine rings is 1. The number of benzene rings is 1. The molecule has 1 saturated heterocycles. The third-order valence-corrected chi connectivity index (χ3v) is 4.75. The number of amides is 1. The van der Waals surface area contributed by atoms with E-state index in [0.717, 1.165) is 18.1 Å². The second-order valence-corrected chi connectivity index (χ2v) is 6.79. The molecule has 9 heteroatoms. The van der Waals surface area contributed by atoms with Crippen LogP contribution >= 0.6 is 24.0 Å². The first-order chi connectivity index (χ1) is 14.1. The van der Waals surface area contributed by atoms with Crippen LogP contribution in [0.15, 0.2) is 46.0 Å². The first-order valence-corrected chi connectivity index (χ1v) is 9.74. The fraction of sp³-hybridized carbons (Fsp3) is 0.429. The lowest BCUT2D eigenvalue weighted by Gasteiger charge is -2.36. The number of hydrogen-bond donors (Lipinski definition) is 1. The number of carbonyl (C=O) groups excluding carboxylic acids is 1. The summed E-state index contributed by atoms with van der Waals surface area (Å²) < 4.78 is 24.0. The number of methoxy groups -OCH3 is 1. The Morgan fingerprint density at radius 3 is 2.60 bits per heavy atom. The second kappa shape index (κ2) is 11.9. The molecule has 2 heterocycles. The Labute approximate surface area is 193 Å². The average Bonchev–Trinajstić information content (AvgIpc) is 3.28. The van der Waals surface area contributed by atoms with Gasteiger partial charge in [-0.1, -0.05) is 6.07 Å². The largest absolute Gasteiger partial charge is 0.459 e. The van der Waals surface area contributed by atoms with Gasteiger partial charge in [0.05, 0.1) is 19.4 Å². The highest BCUT2D eigenvalue weighted by Crippen LogP contribution is 2.14. The van der Waals surface area contributed by atoms with Gasteiger partial charge in [0, 0.05) is 45.4 Å². The van der Waals surface area contributed by atoms with E-state index in [4.69, 9.17) is 14.1 Å². The van der Waals surface area contributed by atoms with Crippen LogP contribution in [0.2, 0.25) is 0 Å². The molecule has 0 radical (unpaired) electrons. The molecule has 0 aliphatic carbocycles. The van der Waals surface area contributed by atoms with E-state index < -0.39 is 0 Å². The fourth-order valence-electron chi connectivity index (χ4n) is 3.26. The summed E-state index contributed by atoms with van der Waals surface area (Å²) in [5.74, 6) is 0.787. The van der Waals surface area contributed by atoms with Gasteiger partial charge in [-0.15, -0.1) is 24.0 Å². The van der Waals surface area contributed by atoms with Crippen molar-refractivity contribution in [2.45, 2.75) is 20.1 Å². The van der Waals surface area contributed by atoms with Crippen LogP contribution in [0.25, 0.3) is 0 Å². The first kappa shape index (κ1) is 24.1. The molecule has 1 aromatic carbocycles. The Bertz CT molecular complexity index is 837. The van der Waals surface area contributed by atoms with Gasteiger partial charge in [0.2, 0.25) is 0 Å². The summed E-state index contributed by atoms with van der Waals surface area (Å²) >= 11 is 0. The number of aliphatic imine (C=N–C) groups is 1. The molecule has 0 spiro atoms. The number of nitrogens with zero attached hydrogens (tertiary/aromatic N) is 3. The monoisotopic (exact) mass is 530 g/mol. The number of hydrogen-bond acceptors (Lipinski definition) is 4. The van der Waals surface area contributed by atoms with Crippen molar-refractivity contribution in [2.24, 2.45) is 4.99 Å². The molecule has 7 nitrogen and oxygen atoms in total. The Morgan fingerprint density at radius 2 is 1.97 bits per heavy atom. The van der Waals surface area contributed by atoms with Crippen LogP contribution in [-0.2, 0) is 17.9 Å². The Kier molecular flexibility index (Phi) is 9.57. The molecule has 0 atom stereocenters. The van der Waals surface area contributed by atoms with Gasteiger partial charge in [0.15, 0.2) is 11.7 Å². The van der Waals surface area contributed by atoms with Crippen molar-refractivity contribution in [3.8, 4) is 0 Å². The van der Waals surface area contributed by atoms with Gasteiger partial charge in [-0.2, -0.15) is 0 Å². The van der Waals surface area contributed by atoms with Crippen molar-refractivity contribution in [3.63, 3.8) is 0 Å². The summed E-state index contributed by atoms with van der Waals surface area (Å²) in [5, 5.41) is 3.30. The minimum atomic E-state index is -0.274. The number of furan rings is 1. The highest BCUT2D eigenvalue weighted by Gasteiger charge is 2.25. The van der Waals surface area contributed by atoms with E-state index in [1.54, 1.807) is 36.3 Å². The normalized spacial score (nSPS) is 14.4. The molecule has 164 valence electrons. The molecule has 0 saturated carbocycles. The highest BCUT2D eigenvalue weighted by atomic mass is 127. The van der Waals surface area contributed by atoms with E-state index in [1.807, 2.05) is 6.92 Å². The third-order valence-electron chi connectivity index (χ3n) is 4.75. The van der Waals surface area contributed by atoms with Gasteiger partial charge in [-0.05, 0) is 36.8 Å². The standard InChI is InChI=1S/C21H27FN4O3.HI/c1-3-23-21(24-14-16-6-7-18(22)17(13-16)15-28-2)26-10-8-25(9-11-26)20(27)19-5-4-12-29-19;/h4-7,12-13H,3,8-11,14-15H2,1-2H3,(H,23,24);1H. The third kappa shape index (κ3) is 6.18. The van der Waals surface area contributed by atoms with Crippen molar-refractivity contribution in [1.29, 1.82) is 0 Å². The highest BCUT2D eigenvalue weighted by molar-refractivity contribution is 14.0. The number of halogens is 2. The molecule has 0 bridgehead atoms. The van der Waals surface area contributed by atoms with Gasteiger partial charge in [-0.25, -0.2) is 9.38 Å². The van der Waals surface area contributed by atoms with Crippen LogP contribution in [0, 0.1) is 5.82 Å². The zero-order valence-corrected chi connectivity index (χ0v) is 19.6. The van der Waals surface area contributed by atoms with E-state index >= 15 is 0 Å². The number of guanidine groups is 1. The minimum absolute atomic E-state index is 0. The van der Waals surface area contributed by atoms with E-state index in [1.165, 1.54) is 12.3 Å². The molecule has 1 fully saturated rings. The number of rotatable bonds is 6. The summed E-state index contributed by atoms with van der Waals surface area (Å²) in [6.07, 6.45) is 1.51. The van der Waals surface area contributed by atoms with E-state index in [0.29, 0.717) is 44.0 Å². The van der Waals surface area contributed by atoms with Gasteiger partial charge in [0.25, 0.3) is 5.91 Å². The molecule has 0 unspecified atom stereocenters.